The Morgan fingerprint density at radius 1 is 1.37 bits per heavy atom. The summed E-state index contributed by atoms with van der Waals surface area (Å²) in [6, 6.07) is 11.3. The molecule has 3 nitrogen and oxygen atoms in total. The van der Waals surface area contributed by atoms with Gasteiger partial charge in [0.2, 0.25) is 5.91 Å². The number of benzene rings is 1. The summed E-state index contributed by atoms with van der Waals surface area (Å²) in [6.07, 6.45) is 0. The molecule has 0 aliphatic heterocycles. The highest BCUT2D eigenvalue weighted by molar-refractivity contribution is 7.10. The first-order valence-corrected chi connectivity index (χ1v) is 7.23. The summed E-state index contributed by atoms with van der Waals surface area (Å²) in [5.74, 6) is -0.0781. The smallest absolute Gasteiger partial charge is 0.238 e. The van der Waals surface area contributed by atoms with Crippen LogP contribution in [-0.4, -0.2) is 12.5 Å². The maximum absolute atomic E-state index is 11.8. The molecule has 1 heterocycles. The first kappa shape index (κ1) is 14.1. The van der Waals surface area contributed by atoms with Gasteiger partial charge in [0, 0.05) is 21.6 Å². The van der Waals surface area contributed by atoms with Gasteiger partial charge in [-0.15, -0.1) is 11.3 Å². The standard InChI is InChI=1S/C14H15ClN2OS/c1-10(13-6-3-7-19-13)16-9-14(18)17-12-5-2-4-11(15)8-12/h2-8,10,16H,9H2,1H3,(H,17,18)/t10-/m1/s1. The molecule has 0 spiro atoms. The fourth-order valence-corrected chi connectivity index (χ4v) is 2.60. The molecule has 1 amide bonds. The van der Waals surface area contributed by atoms with Crippen molar-refractivity contribution in [3.05, 3.63) is 51.7 Å². The van der Waals surface area contributed by atoms with Gasteiger partial charge in [0.05, 0.1) is 6.54 Å². The Hall–Kier alpha value is -1.36. The molecule has 0 saturated carbocycles. The second-order valence-corrected chi connectivity index (χ2v) is 5.59. The number of carbonyl (C=O) groups excluding carboxylic acids is 1. The minimum Gasteiger partial charge on any atom is -0.325 e. The lowest BCUT2D eigenvalue weighted by molar-refractivity contribution is -0.115. The van der Waals surface area contributed by atoms with E-state index in [-0.39, 0.29) is 18.5 Å². The second-order valence-electron chi connectivity index (χ2n) is 4.18. The lowest BCUT2D eigenvalue weighted by Crippen LogP contribution is -2.29. The van der Waals surface area contributed by atoms with Crippen LogP contribution in [0.4, 0.5) is 5.69 Å². The Balaban J connectivity index is 1.82. The molecule has 0 radical (unpaired) electrons. The lowest BCUT2D eigenvalue weighted by atomic mass is 10.2. The summed E-state index contributed by atoms with van der Waals surface area (Å²) >= 11 is 7.53. The summed E-state index contributed by atoms with van der Waals surface area (Å²) < 4.78 is 0. The lowest BCUT2D eigenvalue weighted by Gasteiger charge is -2.12. The molecule has 2 N–H and O–H groups in total. The number of carbonyl (C=O) groups is 1. The van der Waals surface area contributed by atoms with E-state index < -0.39 is 0 Å². The van der Waals surface area contributed by atoms with Crippen molar-refractivity contribution in [1.29, 1.82) is 0 Å². The van der Waals surface area contributed by atoms with E-state index in [1.807, 2.05) is 24.4 Å². The predicted octanol–water partition coefficient (Wildman–Crippen LogP) is 3.69. The Kier molecular flexibility index (Phi) is 4.96. The van der Waals surface area contributed by atoms with Gasteiger partial charge in [0.1, 0.15) is 0 Å². The molecule has 0 unspecified atom stereocenters. The molecule has 2 aromatic rings. The number of hydrogen-bond donors (Lipinski definition) is 2. The topological polar surface area (TPSA) is 41.1 Å². The van der Waals surface area contributed by atoms with Crippen molar-refractivity contribution in [3.63, 3.8) is 0 Å². The summed E-state index contributed by atoms with van der Waals surface area (Å²) in [5, 5.41) is 8.62. The molecular formula is C14H15ClN2OS. The summed E-state index contributed by atoms with van der Waals surface area (Å²) in [7, 11) is 0. The Morgan fingerprint density at radius 2 is 2.21 bits per heavy atom. The molecule has 2 rings (SSSR count). The number of hydrogen-bond acceptors (Lipinski definition) is 3. The van der Waals surface area contributed by atoms with E-state index in [0.717, 1.165) is 0 Å². The van der Waals surface area contributed by atoms with Crippen LogP contribution in [0, 0.1) is 0 Å². The Bertz CT molecular complexity index is 542. The first-order valence-electron chi connectivity index (χ1n) is 5.97. The highest BCUT2D eigenvalue weighted by atomic mass is 35.5. The van der Waals surface area contributed by atoms with Crippen molar-refractivity contribution in [2.45, 2.75) is 13.0 Å². The molecule has 0 fully saturated rings. The number of nitrogens with one attached hydrogen (secondary N) is 2. The molecule has 19 heavy (non-hydrogen) atoms. The number of thiophene rings is 1. The van der Waals surface area contributed by atoms with Gasteiger partial charge in [-0.2, -0.15) is 0 Å². The highest BCUT2D eigenvalue weighted by Gasteiger charge is 2.08. The molecular weight excluding hydrogens is 280 g/mol. The van der Waals surface area contributed by atoms with Gasteiger partial charge in [0.25, 0.3) is 0 Å². The van der Waals surface area contributed by atoms with Gasteiger partial charge in [-0.25, -0.2) is 0 Å². The zero-order valence-electron chi connectivity index (χ0n) is 10.5. The van der Waals surface area contributed by atoms with Crippen molar-refractivity contribution in [1.82, 2.24) is 5.32 Å². The quantitative estimate of drug-likeness (QED) is 0.883. The summed E-state index contributed by atoms with van der Waals surface area (Å²) in [6.45, 7) is 2.31. The van der Waals surface area contributed by atoms with Gasteiger partial charge in [0.15, 0.2) is 0 Å². The molecule has 0 aliphatic rings. The van der Waals surface area contributed by atoms with Crippen LogP contribution in [0.5, 0.6) is 0 Å². The summed E-state index contributed by atoms with van der Waals surface area (Å²) in [4.78, 5) is 13.0. The normalized spacial score (nSPS) is 12.1. The third-order valence-electron chi connectivity index (χ3n) is 2.65. The Labute approximate surface area is 121 Å². The third kappa shape index (κ3) is 4.35. The number of amides is 1. The van der Waals surface area contributed by atoms with Crippen molar-refractivity contribution in [3.8, 4) is 0 Å². The first-order chi connectivity index (χ1) is 9.15. The molecule has 100 valence electrons. The maximum atomic E-state index is 11.8. The van der Waals surface area contributed by atoms with E-state index in [0.29, 0.717) is 10.7 Å². The van der Waals surface area contributed by atoms with Crippen LogP contribution in [0.2, 0.25) is 5.02 Å². The predicted molar refractivity (Wildman–Crippen MR) is 80.8 cm³/mol. The van der Waals surface area contributed by atoms with Gasteiger partial charge in [-0.3, -0.25) is 4.79 Å². The second kappa shape index (κ2) is 6.70. The van der Waals surface area contributed by atoms with Crippen LogP contribution < -0.4 is 10.6 Å². The zero-order chi connectivity index (χ0) is 13.7. The minimum absolute atomic E-state index is 0.0781. The average Bonchev–Trinajstić information content (AvgIpc) is 2.90. The molecule has 5 heteroatoms. The average molecular weight is 295 g/mol. The molecule has 1 aromatic carbocycles. The van der Waals surface area contributed by atoms with Crippen molar-refractivity contribution >= 4 is 34.5 Å². The van der Waals surface area contributed by atoms with E-state index in [4.69, 9.17) is 11.6 Å². The Morgan fingerprint density at radius 3 is 2.89 bits per heavy atom. The molecule has 1 aromatic heterocycles. The SMILES string of the molecule is C[C@@H](NCC(=O)Nc1cccc(Cl)c1)c1cccs1. The van der Waals surface area contributed by atoms with Crippen LogP contribution in [0.3, 0.4) is 0 Å². The van der Waals surface area contributed by atoms with Crippen molar-refractivity contribution < 1.29 is 4.79 Å². The number of rotatable bonds is 5. The monoisotopic (exact) mass is 294 g/mol. The van der Waals surface area contributed by atoms with Crippen LogP contribution in [0.1, 0.15) is 17.8 Å². The van der Waals surface area contributed by atoms with E-state index >= 15 is 0 Å². The van der Waals surface area contributed by atoms with Crippen LogP contribution in [-0.2, 0) is 4.79 Å². The van der Waals surface area contributed by atoms with Gasteiger partial charge >= 0.3 is 0 Å². The van der Waals surface area contributed by atoms with E-state index in [2.05, 4.69) is 16.7 Å². The summed E-state index contributed by atoms with van der Waals surface area (Å²) in [5.41, 5.74) is 0.711. The van der Waals surface area contributed by atoms with Gasteiger partial charge in [-0.1, -0.05) is 23.7 Å². The van der Waals surface area contributed by atoms with Crippen LogP contribution >= 0.6 is 22.9 Å². The van der Waals surface area contributed by atoms with Crippen molar-refractivity contribution in [2.24, 2.45) is 0 Å². The van der Waals surface area contributed by atoms with Gasteiger partial charge in [-0.05, 0) is 36.6 Å². The largest absolute Gasteiger partial charge is 0.325 e. The molecule has 0 aliphatic carbocycles. The van der Waals surface area contributed by atoms with E-state index in [9.17, 15) is 4.79 Å². The molecule has 0 bridgehead atoms. The van der Waals surface area contributed by atoms with Crippen molar-refractivity contribution in [2.75, 3.05) is 11.9 Å². The van der Waals surface area contributed by atoms with E-state index in [1.165, 1.54) is 4.88 Å². The maximum Gasteiger partial charge on any atom is 0.238 e. The van der Waals surface area contributed by atoms with E-state index in [1.54, 1.807) is 29.5 Å². The molecule has 1 atom stereocenters. The minimum atomic E-state index is -0.0781. The van der Waals surface area contributed by atoms with Crippen LogP contribution in [0.25, 0.3) is 0 Å². The van der Waals surface area contributed by atoms with Gasteiger partial charge < -0.3 is 10.6 Å². The molecule has 0 saturated heterocycles. The highest BCUT2D eigenvalue weighted by Crippen LogP contribution is 2.18. The fraction of sp³-hybridized carbons (Fsp3) is 0.214. The number of halogens is 1. The zero-order valence-corrected chi connectivity index (χ0v) is 12.1. The third-order valence-corrected chi connectivity index (χ3v) is 3.94. The fourth-order valence-electron chi connectivity index (χ4n) is 1.66. The van der Waals surface area contributed by atoms with Crippen LogP contribution in [0.15, 0.2) is 41.8 Å². The number of anilines is 1.